The van der Waals surface area contributed by atoms with Gasteiger partial charge in [0.25, 0.3) is 0 Å². The molecule has 0 aliphatic heterocycles. The number of carbonyl (C=O) groups is 3. The molecule has 0 bridgehead atoms. The fraction of sp³-hybridized carbons (Fsp3) is 0.286. The quantitative estimate of drug-likeness (QED) is 0.607. The van der Waals surface area contributed by atoms with E-state index < -0.39 is 0 Å². The molecule has 0 aliphatic carbocycles. The zero-order valence-electron chi connectivity index (χ0n) is 16.3. The maximum absolute atomic E-state index is 12.3. The Bertz CT molecular complexity index is 883. The number of ketones is 1. The Kier molecular flexibility index (Phi) is 8.03. The minimum Gasteiger partial charge on any atom is -0.504 e. The van der Waals surface area contributed by atoms with Crippen molar-refractivity contribution in [2.75, 3.05) is 25.5 Å². The third kappa shape index (κ3) is 6.80. The van der Waals surface area contributed by atoms with E-state index in [4.69, 9.17) is 16.3 Å². The van der Waals surface area contributed by atoms with Crippen molar-refractivity contribution in [2.45, 2.75) is 19.8 Å². The fourth-order valence-corrected chi connectivity index (χ4v) is 2.68. The van der Waals surface area contributed by atoms with Crippen LogP contribution in [0.5, 0.6) is 11.5 Å². The smallest absolute Gasteiger partial charge is 0.243 e. The number of anilines is 1. The lowest BCUT2D eigenvalue weighted by Crippen LogP contribution is -2.35. The molecule has 2 aromatic rings. The monoisotopic (exact) mass is 418 g/mol. The molecular weight excluding hydrogens is 396 g/mol. The summed E-state index contributed by atoms with van der Waals surface area (Å²) in [5.74, 6) is -0.757. The van der Waals surface area contributed by atoms with Gasteiger partial charge < -0.3 is 20.1 Å². The summed E-state index contributed by atoms with van der Waals surface area (Å²) in [4.78, 5) is 37.9. The molecule has 0 radical (unpaired) electrons. The first kappa shape index (κ1) is 22.2. The molecule has 0 aliphatic rings. The Morgan fingerprint density at radius 1 is 1.10 bits per heavy atom. The summed E-state index contributed by atoms with van der Waals surface area (Å²) in [6, 6.07) is 10.9. The van der Waals surface area contributed by atoms with Gasteiger partial charge in [-0.15, -0.1) is 0 Å². The average Bonchev–Trinajstić information content (AvgIpc) is 2.69. The van der Waals surface area contributed by atoms with Crippen molar-refractivity contribution in [1.29, 1.82) is 0 Å². The van der Waals surface area contributed by atoms with Gasteiger partial charge in [0.1, 0.15) is 0 Å². The van der Waals surface area contributed by atoms with Crippen molar-refractivity contribution in [2.24, 2.45) is 0 Å². The second-order valence-corrected chi connectivity index (χ2v) is 6.78. The van der Waals surface area contributed by atoms with Crippen LogP contribution in [0.3, 0.4) is 0 Å². The van der Waals surface area contributed by atoms with Crippen LogP contribution in [0.2, 0.25) is 5.02 Å². The molecule has 0 saturated carbocycles. The Morgan fingerprint density at radius 2 is 1.79 bits per heavy atom. The lowest BCUT2D eigenvalue weighted by atomic mass is 10.1. The van der Waals surface area contributed by atoms with Crippen molar-refractivity contribution in [3.63, 3.8) is 0 Å². The van der Waals surface area contributed by atoms with E-state index in [2.05, 4.69) is 5.32 Å². The number of hydrogen-bond acceptors (Lipinski definition) is 5. The van der Waals surface area contributed by atoms with Crippen molar-refractivity contribution in [1.82, 2.24) is 4.90 Å². The number of ether oxygens (including phenoxy) is 1. The van der Waals surface area contributed by atoms with Gasteiger partial charge in [-0.1, -0.05) is 11.6 Å². The first-order chi connectivity index (χ1) is 13.8. The number of nitrogens with zero attached hydrogens (tertiary/aromatic N) is 1. The second kappa shape index (κ2) is 10.5. The SMILES string of the molecule is CCOc1cc(C(=O)CCC(=O)N(C)CC(=O)Nc2ccc(Cl)cc2)ccc1O. The number of Topliss-reactive ketones (excluding diaryl/α,β-unsaturated/α-hetero) is 1. The van der Waals surface area contributed by atoms with Gasteiger partial charge in [0.2, 0.25) is 11.8 Å². The highest BCUT2D eigenvalue weighted by Gasteiger charge is 2.16. The van der Waals surface area contributed by atoms with Crippen LogP contribution in [0.25, 0.3) is 0 Å². The average molecular weight is 419 g/mol. The predicted octanol–water partition coefficient (Wildman–Crippen LogP) is 3.50. The Morgan fingerprint density at radius 3 is 2.45 bits per heavy atom. The maximum Gasteiger partial charge on any atom is 0.243 e. The summed E-state index contributed by atoms with van der Waals surface area (Å²) in [5, 5.41) is 12.9. The van der Waals surface area contributed by atoms with E-state index in [-0.39, 0.29) is 48.5 Å². The summed E-state index contributed by atoms with van der Waals surface area (Å²) >= 11 is 5.80. The summed E-state index contributed by atoms with van der Waals surface area (Å²) < 4.78 is 5.26. The lowest BCUT2D eigenvalue weighted by molar-refractivity contribution is -0.133. The van der Waals surface area contributed by atoms with Crippen LogP contribution in [0.4, 0.5) is 5.69 Å². The van der Waals surface area contributed by atoms with Gasteiger partial charge in [-0.05, 0) is 49.4 Å². The number of phenols is 1. The molecule has 8 heteroatoms. The molecule has 2 amide bonds. The van der Waals surface area contributed by atoms with Gasteiger partial charge in [0, 0.05) is 36.2 Å². The summed E-state index contributed by atoms with van der Waals surface area (Å²) in [6.07, 6.45) is -0.0489. The number of benzene rings is 2. The molecule has 29 heavy (non-hydrogen) atoms. The number of likely N-dealkylation sites (N-methyl/N-ethyl adjacent to an activating group) is 1. The molecule has 2 aromatic carbocycles. The summed E-state index contributed by atoms with van der Waals surface area (Å²) in [7, 11) is 1.50. The van der Waals surface area contributed by atoms with Crippen molar-refractivity contribution < 1.29 is 24.2 Å². The molecule has 0 saturated heterocycles. The van der Waals surface area contributed by atoms with Crippen molar-refractivity contribution in [3.05, 3.63) is 53.1 Å². The largest absolute Gasteiger partial charge is 0.504 e. The van der Waals surface area contributed by atoms with Gasteiger partial charge in [-0.3, -0.25) is 14.4 Å². The van der Waals surface area contributed by atoms with Gasteiger partial charge in [-0.2, -0.15) is 0 Å². The number of nitrogens with one attached hydrogen (secondary N) is 1. The van der Waals surface area contributed by atoms with Crippen LogP contribution >= 0.6 is 11.6 Å². The molecule has 0 unspecified atom stereocenters. The number of halogens is 1. The third-order valence-corrected chi connectivity index (χ3v) is 4.33. The highest BCUT2D eigenvalue weighted by molar-refractivity contribution is 6.30. The van der Waals surface area contributed by atoms with E-state index in [1.54, 1.807) is 31.2 Å². The van der Waals surface area contributed by atoms with Gasteiger partial charge in [0.05, 0.1) is 13.2 Å². The second-order valence-electron chi connectivity index (χ2n) is 6.34. The van der Waals surface area contributed by atoms with Crippen molar-refractivity contribution >= 4 is 34.9 Å². The molecule has 2 rings (SSSR count). The van der Waals surface area contributed by atoms with Crippen LogP contribution in [-0.2, 0) is 9.59 Å². The van der Waals surface area contributed by atoms with E-state index in [9.17, 15) is 19.5 Å². The normalized spacial score (nSPS) is 10.3. The Balaban J connectivity index is 1.84. The first-order valence-electron chi connectivity index (χ1n) is 9.08. The minimum absolute atomic E-state index is 0.0156. The maximum atomic E-state index is 12.3. The topological polar surface area (TPSA) is 95.9 Å². The molecule has 0 atom stereocenters. The zero-order valence-corrected chi connectivity index (χ0v) is 17.0. The van der Waals surface area contributed by atoms with Gasteiger partial charge in [-0.25, -0.2) is 0 Å². The minimum atomic E-state index is -0.352. The highest BCUT2D eigenvalue weighted by Crippen LogP contribution is 2.27. The molecule has 2 N–H and O–H groups in total. The van der Waals surface area contributed by atoms with E-state index in [1.807, 2.05) is 0 Å². The number of amides is 2. The zero-order chi connectivity index (χ0) is 21.4. The van der Waals surface area contributed by atoms with E-state index in [1.165, 1.54) is 30.1 Å². The van der Waals surface area contributed by atoms with E-state index in [0.29, 0.717) is 22.9 Å². The van der Waals surface area contributed by atoms with Crippen LogP contribution in [0.1, 0.15) is 30.1 Å². The van der Waals surface area contributed by atoms with Crippen LogP contribution < -0.4 is 10.1 Å². The fourth-order valence-electron chi connectivity index (χ4n) is 2.55. The number of phenolic OH excluding ortho intramolecular Hbond substituents is 1. The Labute approximate surface area is 174 Å². The molecule has 0 aromatic heterocycles. The van der Waals surface area contributed by atoms with E-state index >= 15 is 0 Å². The van der Waals surface area contributed by atoms with Gasteiger partial charge in [0.15, 0.2) is 17.3 Å². The van der Waals surface area contributed by atoms with E-state index in [0.717, 1.165) is 0 Å². The third-order valence-electron chi connectivity index (χ3n) is 4.08. The standard InChI is InChI=1S/C21H23ClN2O5/c1-3-29-19-12-14(4-9-18(19)26)17(25)10-11-21(28)24(2)13-20(27)23-16-7-5-15(22)6-8-16/h4-9,12,26H,3,10-11,13H2,1-2H3,(H,23,27). The number of carbonyl (C=O) groups excluding carboxylic acids is 3. The Hall–Kier alpha value is -3.06. The van der Waals surface area contributed by atoms with Crippen molar-refractivity contribution in [3.8, 4) is 11.5 Å². The number of rotatable bonds is 9. The molecular formula is C21H23ClN2O5. The molecule has 0 fully saturated rings. The summed E-state index contributed by atoms with van der Waals surface area (Å²) in [6.45, 7) is 1.99. The molecule has 0 heterocycles. The number of aromatic hydroxyl groups is 1. The molecule has 154 valence electrons. The van der Waals surface area contributed by atoms with Crippen LogP contribution in [0, 0.1) is 0 Å². The van der Waals surface area contributed by atoms with Crippen LogP contribution in [0.15, 0.2) is 42.5 Å². The molecule has 0 spiro atoms. The molecule has 7 nitrogen and oxygen atoms in total. The number of hydrogen-bond donors (Lipinski definition) is 2. The highest BCUT2D eigenvalue weighted by atomic mass is 35.5. The first-order valence-corrected chi connectivity index (χ1v) is 9.46. The van der Waals surface area contributed by atoms with Crippen LogP contribution in [-0.4, -0.2) is 47.8 Å². The van der Waals surface area contributed by atoms with Gasteiger partial charge >= 0.3 is 0 Å². The predicted molar refractivity (Wildman–Crippen MR) is 111 cm³/mol. The lowest BCUT2D eigenvalue weighted by Gasteiger charge is -2.16. The summed E-state index contributed by atoms with van der Waals surface area (Å²) in [5.41, 5.74) is 0.926.